The molecule has 2 aromatic heterocycles. The molecular weight excluding hydrogens is 676 g/mol. The maximum Gasteiger partial charge on any atom is 0.424 e. The van der Waals surface area contributed by atoms with Crippen molar-refractivity contribution in [1.82, 2.24) is 20.1 Å². The lowest BCUT2D eigenvalue weighted by molar-refractivity contribution is -0.265. The number of benzene rings is 2. The number of ether oxygens (including phenoxy) is 2. The fourth-order valence-corrected chi connectivity index (χ4v) is 5.75. The van der Waals surface area contributed by atoms with Crippen LogP contribution in [0.5, 0.6) is 11.5 Å². The minimum absolute atomic E-state index is 0.0639. The van der Waals surface area contributed by atoms with Gasteiger partial charge in [0.05, 0.1) is 29.4 Å². The summed E-state index contributed by atoms with van der Waals surface area (Å²) in [5, 5.41) is 16.9. The van der Waals surface area contributed by atoms with E-state index in [0.29, 0.717) is 0 Å². The predicted molar refractivity (Wildman–Crippen MR) is 159 cm³/mol. The monoisotopic (exact) mass is 699 g/mol. The third-order valence-electron chi connectivity index (χ3n) is 8.40. The molecule has 1 aliphatic heterocycles. The van der Waals surface area contributed by atoms with Crippen LogP contribution in [0.4, 0.5) is 22.0 Å². The number of fused-ring (bicyclic) bond motifs is 2. The van der Waals surface area contributed by atoms with Crippen molar-refractivity contribution in [2.75, 3.05) is 20.3 Å². The summed E-state index contributed by atoms with van der Waals surface area (Å²) in [6.45, 7) is -0.510. The number of nitrogens with zero attached hydrogens (tertiary/aromatic N) is 3. The molecule has 47 heavy (non-hydrogen) atoms. The standard InChI is InChI=1S/C30H24Cl2F5N5O5/c1-27(26(38)44)12-47-24-16(27)9-20(40-23(24)13-6-17(31)21(33)18(32)7-13)29(45,30(35,36)37)11-39-25(43)14-5-15-10-42(28(34)3-4-28)41-22(15)19(8-14)46-2/h5-10,45H,3-4,11-12H2,1-2H3,(H2,38,44)(H,39,43)/t27-,29-/m0/s1. The summed E-state index contributed by atoms with van der Waals surface area (Å²) in [6, 6.07) is 5.39. The number of nitrogens with two attached hydrogens (primary N) is 1. The van der Waals surface area contributed by atoms with Crippen LogP contribution in [0.2, 0.25) is 10.0 Å². The van der Waals surface area contributed by atoms with Gasteiger partial charge in [-0.05, 0) is 37.3 Å². The van der Waals surface area contributed by atoms with Gasteiger partial charge in [-0.2, -0.15) is 18.3 Å². The lowest BCUT2D eigenvalue weighted by atomic mass is 9.81. The summed E-state index contributed by atoms with van der Waals surface area (Å²) in [4.78, 5) is 29.7. The van der Waals surface area contributed by atoms with E-state index in [2.05, 4.69) is 15.4 Å². The summed E-state index contributed by atoms with van der Waals surface area (Å²) in [5.41, 5.74) is -1.50. The van der Waals surface area contributed by atoms with Crippen molar-refractivity contribution < 1.29 is 46.1 Å². The van der Waals surface area contributed by atoms with E-state index in [9.17, 15) is 36.6 Å². The Kier molecular flexibility index (Phi) is 7.60. The van der Waals surface area contributed by atoms with Crippen molar-refractivity contribution in [3.63, 3.8) is 0 Å². The average molecular weight is 700 g/mol. The largest absolute Gasteiger partial charge is 0.494 e. The van der Waals surface area contributed by atoms with Gasteiger partial charge < -0.3 is 25.6 Å². The molecule has 4 aromatic rings. The van der Waals surface area contributed by atoms with Gasteiger partial charge >= 0.3 is 6.18 Å². The smallest absolute Gasteiger partial charge is 0.424 e. The van der Waals surface area contributed by atoms with E-state index in [0.717, 1.165) is 22.9 Å². The molecule has 1 fully saturated rings. The molecule has 2 amide bonds. The maximum atomic E-state index is 14.8. The Hall–Kier alpha value is -4.21. The van der Waals surface area contributed by atoms with Crippen LogP contribution >= 0.6 is 23.2 Å². The maximum absolute atomic E-state index is 14.8. The summed E-state index contributed by atoms with van der Waals surface area (Å²) in [5.74, 6) is -4.77. The number of hydrogen-bond donors (Lipinski definition) is 3. The molecule has 1 aliphatic carbocycles. The van der Waals surface area contributed by atoms with Crippen molar-refractivity contribution in [3.05, 3.63) is 69.2 Å². The number of nitrogens with one attached hydrogen (secondary N) is 1. The number of hydrogen-bond acceptors (Lipinski definition) is 7. The lowest BCUT2D eigenvalue weighted by Gasteiger charge is -2.31. The summed E-state index contributed by atoms with van der Waals surface area (Å²) in [6.07, 6.45) is -3.61. The second-order valence-electron chi connectivity index (χ2n) is 11.6. The van der Waals surface area contributed by atoms with Crippen LogP contribution in [-0.2, 0) is 21.6 Å². The summed E-state index contributed by atoms with van der Waals surface area (Å²) in [7, 11) is 1.28. The Morgan fingerprint density at radius 1 is 1.17 bits per heavy atom. The molecule has 1 saturated carbocycles. The highest BCUT2D eigenvalue weighted by atomic mass is 35.5. The van der Waals surface area contributed by atoms with E-state index < -0.39 is 62.9 Å². The van der Waals surface area contributed by atoms with Gasteiger partial charge in [0.15, 0.2) is 5.82 Å². The molecule has 0 spiro atoms. The number of aliphatic hydroxyl groups is 1. The van der Waals surface area contributed by atoms with Crippen molar-refractivity contribution in [1.29, 1.82) is 0 Å². The zero-order valence-electron chi connectivity index (χ0n) is 24.4. The van der Waals surface area contributed by atoms with Crippen LogP contribution in [0.15, 0.2) is 36.5 Å². The van der Waals surface area contributed by atoms with Crippen LogP contribution in [0.1, 0.15) is 41.4 Å². The Morgan fingerprint density at radius 2 is 1.83 bits per heavy atom. The van der Waals surface area contributed by atoms with Crippen molar-refractivity contribution in [2.45, 2.75) is 42.8 Å². The third-order valence-corrected chi connectivity index (χ3v) is 8.95. The quantitative estimate of drug-likeness (QED) is 0.168. The number of halogens is 7. The molecular formula is C30H24Cl2F5N5O5. The zero-order valence-corrected chi connectivity index (χ0v) is 25.9. The van der Waals surface area contributed by atoms with Gasteiger partial charge in [0.2, 0.25) is 17.3 Å². The molecule has 10 nitrogen and oxygen atoms in total. The number of carbonyl (C=O) groups excluding carboxylic acids is 2. The first-order valence-electron chi connectivity index (χ1n) is 13.9. The van der Waals surface area contributed by atoms with Gasteiger partial charge in [-0.1, -0.05) is 23.2 Å². The Bertz CT molecular complexity index is 1960. The lowest BCUT2D eigenvalue weighted by Crippen LogP contribution is -2.51. The normalized spacial score (nSPS) is 19.5. The Balaban J connectivity index is 1.42. The van der Waals surface area contributed by atoms with Crippen LogP contribution in [0.3, 0.4) is 0 Å². The molecule has 0 radical (unpaired) electrons. The van der Waals surface area contributed by atoms with E-state index in [1.807, 2.05) is 0 Å². The van der Waals surface area contributed by atoms with E-state index in [-0.39, 0.29) is 64.2 Å². The van der Waals surface area contributed by atoms with Crippen LogP contribution in [0, 0.1) is 5.82 Å². The molecule has 248 valence electrons. The fourth-order valence-electron chi connectivity index (χ4n) is 5.26. The van der Waals surface area contributed by atoms with Gasteiger partial charge in [-0.15, -0.1) is 0 Å². The van der Waals surface area contributed by atoms with Gasteiger partial charge in [0.1, 0.15) is 34.7 Å². The van der Waals surface area contributed by atoms with Crippen LogP contribution in [0.25, 0.3) is 22.2 Å². The number of alkyl halides is 4. The van der Waals surface area contributed by atoms with E-state index in [4.69, 9.17) is 38.4 Å². The van der Waals surface area contributed by atoms with Gasteiger partial charge in [0.25, 0.3) is 5.91 Å². The molecule has 6 rings (SSSR count). The first-order valence-corrected chi connectivity index (χ1v) is 14.7. The molecule has 0 unspecified atom stereocenters. The number of methoxy groups -OCH3 is 1. The van der Waals surface area contributed by atoms with E-state index in [1.165, 1.54) is 32.4 Å². The second kappa shape index (κ2) is 10.9. The molecule has 2 atom stereocenters. The zero-order chi connectivity index (χ0) is 34.3. The van der Waals surface area contributed by atoms with Gasteiger partial charge in [-0.25, -0.2) is 18.4 Å². The topological polar surface area (TPSA) is 142 Å². The van der Waals surface area contributed by atoms with Crippen LogP contribution in [-0.4, -0.2) is 58.1 Å². The fraction of sp³-hybridized carbons (Fsp3) is 0.333. The average Bonchev–Trinajstić information content (AvgIpc) is 3.45. The van der Waals surface area contributed by atoms with Gasteiger partial charge in [-0.3, -0.25) is 9.59 Å². The summed E-state index contributed by atoms with van der Waals surface area (Å²) >= 11 is 11.9. The highest BCUT2D eigenvalue weighted by Crippen LogP contribution is 2.49. The van der Waals surface area contributed by atoms with E-state index in [1.54, 1.807) is 0 Å². The molecule has 4 N–H and O–H groups in total. The first-order chi connectivity index (χ1) is 21.9. The highest BCUT2D eigenvalue weighted by Gasteiger charge is 2.58. The number of aromatic nitrogens is 3. The number of pyridine rings is 1. The predicted octanol–water partition coefficient (Wildman–Crippen LogP) is 5.28. The molecule has 17 heteroatoms. The highest BCUT2D eigenvalue weighted by molar-refractivity contribution is 6.35. The Labute approximate surface area is 272 Å². The number of rotatable bonds is 8. The molecule has 2 aliphatic rings. The minimum Gasteiger partial charge on any atom is -0.494 e. The van der Waals surface area contributed by atoms with Crippen molar-refractivity contribution >= 4 is 45.9 Å². The number of amides is 2. The van der Waals surface area contributed by atoms with Crippen LogP contribution < -0.4 is 20.5 Å². The second-order valence-corrected chi connectivity index (χ2v) is 12.4. The third kappa shape index (κ3) is 5.29. The first kappa shape index (κ1) is 32.7. The van der Waals surface area contributed by atoms with Crippen molar-refractivity contribution in [2.24, 2.45) is 5.73 Å². The SMILES string of the molecule is COc1cc(C(=O)NC[C@](O)(c2cc3c(c(-c4cc(Cl)c(F)c(Cl)c4)n2)OC[C@]3(C)C(N)=O)C(F)(F)F)cc2cn(C3(F)CC3)nc12. The molecule has 0 saturated heterocycles. The number of primary amides is 1. The molecule has 3 heterocycles. The summed E-state index contributed by atoms with van der Waals surface area (Å²) < 4.78 is 85.3. The minimum atomic E-state index is -5.46. The van der Waals surface area contributed by atoms with Gasteiger partial charge in [0, 0.05) is 41.1 Å². The number of carbonyl (C=O) groups is 2. The molecule has 2 aromatic carbocycles. The van der Waals surface area contributed by atoms with E-state index >= 15 is 0 Å². The Morgan fingerprint density at radius 3 is 2.40 bits per heavy atom. The van der Waals surface area contributed by atoms with Crippen molar-refractivity contribution in [3.8, 4) is 22.8 Å². The molecule has 0 bridgehead atoms.